The maximum absolute atomic E-state index is 9.51. The number of benzene rings is 1. The third-order valence-electron chi connectivity index (χ3n) is 6.85. The Morgan fingerprint density at radius 1 is 0.971 bits per heavy atom. The molecule has 5 rings (SSSR count). The van der Waals surface area contributed by atoms with Crippen molar-refractivity contribution in [3.05, 3.63) is 36.2 Å². The van der Waals surface area contributed by atoms with E-state index in [0.717, 1.165) is 74.9 Å². The van der Waals surface area contributed by atoms with Crippen molar-refractivity contribution in [2.24, 2.45) is 0 Å². The molecule has 3 heterocycles. The summed E-state index contributed by atoms with van der Waals surface area (Å²) in [5.74, 6) is 1.70. The second-order valence-electron chi connectivity index (χ2n) is 9.24. The Kier molecular flexibility index (Phi) is 7.40. The molecular weight excluding hydrogens is 430 g/mol. The summed E-state index contributed by atoms with van der Waals surface area (Å²) in [7, 11) is 0. The predicted molar refractivity (Wildman–Crippen MR) is 133 cm³/mol. The Bertz CT molecular complexity index is 1060. The minimum atomic E-state index is 0.287. The van der Waals surface area contributed by atoms with Gasteiger partial charge in [-0.3, -0.25) is 4.90 Å². The molecule has 3 aromatic rings. The molecule has 34 heavy (non-hydrogen) atoms. The molecular formula is C25H35N7O2. The van der Waals surface area contributed by atoms with Crippen molar-refractivity contribution < 1.29 is 9.84 Å². The normalized spacial score (nSPS) is 17.8. The highest BCUT2D eigenvalue weighted by Crippen LogP contribution is 2.32. The van der Waals surface area contributed by atoms with Crippen molar-refractivity contribution in [1.29, 1.82) is 0 Å². The van der Waals surface area contributed by atoms with E-state index in [9.17, 15) is 5.11 Å². The van der Waals surface area contributed by atoms with Crippen LogP contribution in [0.4, 0.5) is 11.8 Å². The highest BCUT2D eigenvalue weighted by Gasteiger charge is 2.21. The minimum absolute atomic E-state index is 0.287. The minimum Gasteiger partial charge on any atom is -0.508 e. The van der Waals surface area contributed by atoms with Crippen LogP contribution >= 0.6 is 0 Å². The Balaban J connectivity index is 1.32. The van der Waals surface area contributed by atoms with Gasteiger partial charge in [-0.05, 0) is 37.0 Å². The first kappa shape index (κ1) is 22.9. The van der Waals surface area contributed by atoms with Gasteiger partial charge in [-0.25, -0.2) is 4.98 Å². The molecule has 9 nitrogen and oxygen atoms in total. The summed E-state index contributed by atoms with van der Waals surface area (Å²) in [6.07, 6.45) is 8.97. The largest absolute Gasteiger partial charge is 0.508 e. The van der Waals surface area contributed by atoms with Gasteiger partial charge < -0.3 is 25.0 Å². The SMILES string of the molecule is Oc1ccc(CCNc2nc(NCCN3CCOCC3)nc3c2ncn3C2CCCCC2)cc1. The van der Waals surface area contributed by atoms with Gasteiger partial charge in [-0.1, -0.05) is 31.4 Å². The molecule has 0 unspecified atom stereocenters. The zero-order valence-corrected chi connectivity index (χ0v) is 19.7. The highest BCUT2D eigenvalue weighted by atomic mass is 16.5. The highest BCUT2D eigenvalue weighted by molar-refractivity contribution is 5.84. The number of nitrogens with one attached hydrogen (secondary N) is 2. The molecule has 3 N–H and O–H groups in total. The van der Waals surface area contributed by atoms with Crippen molar-refractivity contribution in [3.8, 4) is 5.75 Å². The first-order valence-electron chi connectivity index (χ1n) is 12.6. The van der Waals surface area contributed by atoms with Crippen LogP contribution in [0.1, 0.15) is 43.7 Å². The van der Waals surface area contributed by atoms with Crippen LogP contribution in [0.2, 0.25) is 0 Å². The fraction of sp³-hybridized carbons (Fsp3) is 0.560. The van der Waals surface area contributed by atoms with Gasteiger partial charge in [0.05, 0.1) is 19.5 Å². The molecule has 1 aromatic carbocycles. The number of morpholine rings is 1. The molecule has 0 bridgehead atoms. The lowest BCUT2D eigenvalue weighted by molar-refractivity contribution is 0.0398. The number of hydrogen-bond acceptors (Lipinski definition) is 8. The number of anilines is 2. The Morgan fingerprint density at radius 2 is 1.76 bits per heavy atom. The van der Waals surface area contributed by atoms with Crippen LogP contribution in [-0.4, -0.2) is 75.5 Å². The van der Waals surface area contributed by atoms with Crippen molar-refractivity contribution in [1.82, 2.24) is 24.4 Å². The number of aromatic nitrogens is 4. The number of rotatable bonds is 9. The van der Waals surface area contributed by atoms with Crippen LogP contribution in [-0.2, 0) is 11.2 Å². The van der Waals surface area contributed by atoms with E-state index in [2.05, 4.69) is 20.1 Å². The number of ether oxygens (including phenoxy) is 1. The van der Waals surface area contributed by atoms with Crippen LogP contribution in [0.5, 0.6) is 5.75 Å². The van der Waals surface area contributed by atoms with E-state index in [1.807, 2.05) is 18.5 Å². The molecule has 2 fully saturated rings. The quantitative estimate of drug-likeness (QED) is 0.442. The topological polar surface area (TPSA) is 100 Å². The molecule has 0 atom stereocenters. The van der Waals surface area contributed by atoms with Crippen molar-refractivity contribution in [3.63, 3.8) is 0 Å². The summed E-state index contributed by atoms with van der Waals surface area (Å²) in [6, 6.07) is 7.80. The van der Waals surface area contributed by atoms with E-state index in [-0.39, 0.29) is 5.75 Å². The standard InChI is InChI=1S/C25H35N7O2/c33-21-8-6-19(7-9-21)10-11-26-23-22-24(32(18-28-22)20-4-2-1-3-5-20)30-25(29-23)27-12-13-31-14-16-34-17-15-31/h6-9,18,20,33H,1-5,10-17H2,(H2,26,27,29,30). The third-order valence-corrected chi connectivity index (χ3v) is 6.85. The summed E-state index contributed by atoms with van der Waals surface area (Å²) in [4.78, 5) is 16.8. The average molecular weight is 466 g/mol. The van der Waals surface area contributed by atoms with Gasteiger partial charge in [0.15, 0.2) is 17.0 Å². The van der Waals surface area contributed by atoms with Gasteiger partial charge >= 0.3 is 0 Å². The lowest BCUT2D eigenvalue weighted by Gasteiger charge is -2.26. The Labute approximate surface area is 200 Å². The van der Waals surface area contributed by atoms with E-state index >= 15 is 0 Å². The molecule has 0 radical (unpaired) electrons. The fourth-order valence-corrected chi connectivity index (χ4v) is 4.88. The number of fused-ring (bicyclic) bond motifs is 1. The zero-order valence-electron chi connectivity index (χ0n) is 19.7. The van der Waals surface area contributed by atoms with E-state index < -0.39 is 0 Å². The molecule has 9 heteroatoms. The second kappa shape index (κ2) is 11.0. The summed E-state index contributed by atoms with van der Waals surface area (Å²) in [6.45, 7) is 6.00. The van der Waals surface area contributed by atoms with Crippen molar-refractivity contribution in [2.45, 2.75) is 44.6 Å². The molecule has 1 aliphatic heterocycles. The number of phenols is 1. The number of nitrogens with zero attached hydrogens (tertiary/aromatic N) is 5. The van der Waals surface area contributed by atoms with E-state index in [1.54, 1.807) is 12.1 Å². The molecule has 0 spiro atoms. The number of aromatic hydroxyl groups is 1. The van der Waals surface area contributed by atoms with Crippen LogP contribution < -0.4 is 10.6 Å². The molecule has 182 valence electrons. The van der Waals surface area contributed by atoms with E-state index in [0.29, 0.717) is 12.0 Å². The molecule has 0 amide bonds. The van der Waals surface area contributed by atoms with Gasteiger partial charge in [-0.2, -0.15) is 9.97 Å². The van der Waals surface area contributed by atoms with Crippen LogP contribution in [0.15, 0.2) is 30.6 Å². The van der Waals surface area contributed by atoms with E-state index in [1.165, 1.54) is 32.1 Å². The first-order valence-corrected chi connectivity index (χ1v) is 12.6. The van der Waals surface area contributed by atoms with Gasteiger partial charge in [0.25, 0.3) is 0 Å². The molecule has 1 saturated heterocycles. The second-order valence-corrected chi connectivity index (χ2v) is 9.24. The summed E-state index contributed by atoms with van der Waals surface area (Å²) < 4.78 is 7.71. The maximum Gasteiger partial charge on any atom is 0.226 e. The van der Waals surface area contributed by atoms with Crippen molar-refractivity contribution in [2.75, 3.05) is 56.6 Å². The maximum atomic E-state index is 9.51. The monoisotopic (exact) mass is 465 g/mol. The van der Waals surface area contributed by atoms with E-state index in [4.69, 9.17) is 19.7 Å². The molecule has 1 aliphatic carbocycles. The molecule has 1 saturated carbocycles. The molecule has 2 aromatic heterocycles. The van der Waals surface area contributed by atoms with Crippen molar-refractivity contribution >= 4 is 22.9 Å². The smallest absolute Gasteiger partial charge is 0.226 e. The number of hydrogen-bond donors (Lipinski definition) is 3. The lowest BCUT2D eigenvalue weighted by atomic mass is 9.95. The summed E-state index contributed by atoms with van der Waals surface area (Å²) in [5, 5.41) is 16.4. The number of phenolic OH excluding ortho intramolecular Hbond substituents is 1. The third kappa shape index (κ3) is 5.59. The average Bonchev–Trinajstić information content (AvgIpc) is 3.31. The van der Waals surface area contributed by atoms with Crippen LogP contribution in [0.25, 0.3) is 11.2 Å². The fourth-order valence-electron chi connectivity index (χ4n) is 4.88. The lowest BCUT2D eigenvalue weighted by Crippen LogP contribution is -2.39. The summed E-state index contributed by atoms with van der Waals surface area (Å²) >= 11 is 0. The molecule has 2 aliphatic rings. The Morgan fingerprint density at radius 3 is 2.56 bits per heavy atom. The zero-order chi connectivity index (χ0) is 23.2. The predicted octanol–water partition coefficient (Wildman–Crippen LogP) is 3.44. The van der Waals surface area contributed by atoms with Crippen LogP contribution in [0, 0.1) is 0 Å². The Hall–Kier alpha value is -2.91. The summed E-state index contributed by atoms with van der Waals surface area (Å²) in [5.41, 5.74) is 2.89. The van der Waals surface area contributed by atoms with Gasteiger partial charge in [-0.15, -0.1) is 0 Å². The van der Waals surface area contributed by atoms with Crippen LogP contribution in [0.3, 0.4) is 0 Å². The van der Waals surface area contributed by atoms with Gasteiger partial charge in [0, 0.05) is 38.8 Å². The van der Waals surface area contributed by atoms with Gasteiger partial charge in [0.1, 0.15) is 5.75 Å². The van der Waals surface area contributed by atoms with Gasteiger partial charge in [0.2, 0.25) is 5.95 Å². The number of imidazole rings is 1. The first-order chi connectivity index (χ1) is 16.8.